The van der Waals surface area contributed by atoms with Crippen molar-refractivity contribution in [1.29, 1.82) is 0 Å². The average Bonchev–Trinajstić information content (AvgIpc) is 2.96. The fourth-order valence-electron chi connectivity index (χ4n) is 2.31. The fraction of sp³-hybridized carbons (Fsp3) is 0.444. The van der Waals surface area contributed by atoms with Crippen LogP contribution in [0.2, 0.25) is 0 Å². The van der Waals surface area contributed by atoms with E-state index in [0.29, 0.717) is 29.4 Å². The summed E-state index contributed by atoms with van der Waals surface area (Å²) in [5.74, 6) is -0.366. The molecule has 2 rings (SSSR count). The van der Waals surface area contributed by atoms with E-state index in [1.807, 2.05) is 0 Å². The van der Waals surface area contributed by atoms with Crippen LogP contribution in [0.1, 0.15) is 37.7 Å². The molecule has 0 amide bonds. The summed E-state index contributed by atoms with van der Waals surface area (Å²) in [6.45, 7) is 6.63. The van der Waals surface area contributed by atoms with Gasteiger partial charge in [-0.2, -0.15) is 5.10 Å². The number of esters is 1. The van der Waals surface area contributed by atoms with Gasteiger partial charge in [0.1, 0.15) is 11.4 Å². The van der Waals surface area contributed by atoms with Crippen molar-refractivity contribution in [3.05, 3.63) is 36.0 Å². The molecule has 1 aromatic heterocycles. The molecule has 0 aliphatic carbocycles. The highest BCUT2D eigenvalue weighted by molar-refractivity contribution is 5.89. The van der Waals surface area contributed by atoms with Crippen LogP contribution in [0.15, 0.2) is 30.3 Å². The summed E-state index contributed by atoms with van der Waals surface area (Å²) >= 11 is 0. The van der Waals surface area contributed by atoms with Crippen LogP contribution >= 0.6 is 0 Å². The van der Waals surface area contributed by atoms with Crippen LogP contribution in [-0.4, -0.2) is 28.7 Å². The van der Waals surface area contributed by atoms with Crippen molar-refractivity contribution in [3.8, 4) is 17.0 Å². The Bertz CT molecular complexity index is 737. The molecule has 0 spiro atoms. The van der Waals surface area contributed by atoms with E-state index in [0.717, 1.165) is 6.42 Å². The van der Waals surface area contributed by atoms with Crippen LogP contribution in [0.3, 0.4) is 0 Å². The lowest BCUT2D eigenvalue weighted by Crippen LogP contribution is -2.16. The van der Waals surface area contributed by atoms with Crippen LogP contribution < -0.4 is 4.74 Å². The van der Waals surface area contributed by atoms with Gasteiger partial charge < -0.3 is 9.47 Å². The Morgan fingerprint density at radius 2 is 1.88 bits per heavy atom. The SMILES string of the molecule is CCOC(=O)c1cc(-c2ccc(OC(F)(F)F)cc2)nn1CCC(C)C. The molecule has 8 heteroatoms. The smallest absolute Gasteiger partial charge is 0.461 e. The van der Waals surface area contributed by atoms with Gasteiger partial charge in [-0.1, -0.05) is 13.8 Å². The first-order valence-corrected chi connectivity index (χ1v) is 8.30. The zero-order valence-electron chi connectivity index (χ0n) is 14.8. The van der Waals surface area contributed by atoms with Gasteiger partial charge in [0.25, 0.3) is 0 Å². The van der Waals surface area contributed by atoms with E-state index in [2.05, 4.69) is 23.7 Å². The van der Waals surface area contributed by atoms with Crippen molar-refractivity contribution in [2.75, 3.05) is 6.61 Å². The molecule has 0 saturated heterocycles. The van der Waals surface area contributed by atoms with Gasteiger partial charge in [-0.15, -0.1) is 13.2 Å². The van der Waals surface area contributed by atoms with E-state index < -0.39 is 12.3 Å². The minimum absolute atomic E-state index is 0.243. The summed E-state index contributed by atoms with van der Waals surface area (Å²) in [5.41, 5.74) is 1.38. The molecule has 2 aromatic rings. The van der Waals surface area contributed by atoms with Crippen molar-refractivity contribution >= 4 is 5.97 Å². The van der Waals surface area contributed by atoms with Gasteiger partial charge in [0, 0.05) is 12.1 Å². The number of ether oxygens (including phenoxy) is 2. The van der Waals surface area contributed by atoms with Crippen LogP contribution in [0.5, 0.6) is 5.75 Å². The van der Waals surface area contributed by atoms with Crippen molar-refractivity contribution < 1.29 is 27.4 Å². The number of carbonyl (C=O) groups is 1. The summed E-state index contributed by atoms with van der Waals surface area (Å²) in [6, 6.07) is 6.92. The Morgan fingerprint density at radius 1 is 1.23 bits per heavy atom. The third kappa shape index (κ3) is 5.50. The van der Waals surface area contributed by atoms with E-state index in [4.69, 9.17) is 4.74 Å². The Labute approximate surface area is 149 Å². The van der Waals surface area contributed by atoms with E-state index in [-0.39, 0.29) is 12.4 Å². The minimum atomic E-state index is -4.74. The van der Waals surface area contributed by atoms with Gasteiger partial charge in [0.2, 0.25) is 0 Å². The summed E-state index contributed by atoms with van der Waals surface area (Å²) in [7, 11) is 0. The Kier molecular flexibility index (Phi) is 6.28. The van der Waals surface area contributed by atoms with E-state index in [9.17, 15) is 18.0 Å². The molecule has 1 aromatic carbocycles. The molecule has 5 nitrogen and oxygen atoms in total. The first-order valence-electron chi connectivity index (χ1n) is 8.30. The molecule has 1 heterocycles. The Balaban J connectivity index is 2.28. The highest BCUT2D eigenvalue weighted by Gasteiger charge is 2.31. The van der Waals surface area contributed by atoms with Gasteiger partial charge in [0.15, 0.2) is 0 Å². The van der Waals surface area contributed by atoms with Crippen LogP contribution in [0, 0.1) is 5.92 Å². The van der Waals surface area contributed by atoms with E-state index in [1.165, 1.54) is 24.3 Å². The molecule has 0 aliphatic rings. The summed E-state index contributed by atoms with van der Waals surface area (Å²) < 4.78 is 47.2. The summed E-state index contributed by atoms with van der Waals surface area (Å²) in [4.78, 5) is 12.1. The van der Waals surface area contributed by atoms with Gasteiger partial charge >= 0.3 is 12.3 Å². The second-order valence-corrected chi connectivity index (χ2v) is 6.11. The number of carbonyl (C=O) groups excluding carboxylic acids is 1. The number of alkyl halides is 3. The summed E-state index contributed by atoms with van der Waals surface area (Å²) in [6.07, 6.45) is -3.91. The molecule has 0 aliphatic heterocycles. The average molecular weight is 370 g/mol. The molecule has 26 heavy (non-hydrogen) atoms. The molecule has 0 radical (unpaired) electrons. The molecule has 0 unspecified atom stereocenters. The highest BCUT2D eigenvalue weighted by Crippen LogP contribution is 2.26. The highest BCUT2D eigenvalue weighted by atomic mass is 19.4. The van der Waals surface area contributed by atoms with Gasteiger partial charge in [-0.05, 0) is 49.6 Å². The normalized spacial score (nSPS) is 11.7. The van der Waals surface area contributed by atoms with Crippen molar-refractivity contribution in [3.63, 3.8) is 0 Å². The number of nitrogens with zero attached hydrogens (tertiary/aromatic N) is 2. The number of hydrogen-bond acceptors (Lipinski definition) is 4. The van der Waals surface area contributed by atoms with Gasteiger partial charge in [0.05, 0.1) is 12.3 Å². The summed E-state index contributed by atoms with van der Waals surface area (Å²) in [5, 5.41) is 4.41. The first kappa shape index (κ1) is 19.8. The maximum atomic E-state index is 12.2. The molecule has 142 valence electrons. The largest absolute Gasteiger partial charge is 0.573 e. The van der Waals surface area contributed by atoms with Crippen LogP contribution in [0.4, 0.5) is 13.2 Å². The monoisotopic (exact) mass is 370 g/mol. The second-order valence-electron chi connectivity index (χ2n) is 6.11. The number of halogens is 3. The van der Waals surface area contributed by atoms with E-state index in [1.54, 1.807) is 17.7 Å². The predicted molar refractivity (Wildman–Crippen MR) is 89.8 cm³/mol. The number of aryl methyl sites for hydroxylation is 1. The van der Waals surface area contributed by atoms with Gasteiger partial charge in [-0.25, -0.2) is 4.79 Å². The fourth-order valence-corrected chi connectivity index (χ4v) is 2.31. The molecule has 0 saturated carbocycles. The standard InChI is InChI=1S/C18H21F3N2O3/c1-4-25-17(24)16-11-15(22-23(16)10-9-12(2)3)13-5-7-14(8-6-13)26-18(19,20)21/h5-8,11-12H,4,9-10H2,1-3H3. The predicted octanol–water partition coefficient (Wildman–Crippen LogP) is 4.67. The Morgan fingerprint density at radius 3 is 2.42 bits per heavy atom. The molecule has 0 atom stereocenters. The van der Waals surface area contributed by atoms with Gasteiger partial charge in [-0.3, -0.25) is 4.68 Å². The van der Waals surface area contributed by atoms with Crippen LogP contribution in [0.25, 0.3) is 11.3 Å². The van der Waals surface area contributed by atoms with Crippen molar-refractivity contribution in [1.82, 2.24) is 9.78 Å². The third-order valence-electron chi connectivity index (χ3n) is 3.57. The van der Waals surface area contributed by atoms with Crippen LogP contribution in [-0.2, 0) is 11.3 Å². The lowest BCUT2D eigenvalue weighted by atomic mass is 10.1. The van der Waals surface area contributed by atoms with Crippen molar-refractivity contribution in [2.45, 2.75) is 40.1 Å². The molecular weight excluding hydrogens is 349 g/mol. The maximum absolute atomic E-state index is 12.2. The number of rotatable bonds is 7. The molecule has 0 fully saturated rings. The van der Waals surface area contributed by atoms with Crippen molar-refractivity contribution in [2.24, 2.45) is 5.92 Å². The quantitative estimate of drug-likeness (QED) is 0.665. The maximum Gasteiger partial charge on any atom is 0.573 e. The Hall–Kier alpha value is -2.51. The number of benzene rings is 1. The number of hydrogen-bond donors (Lipinski definition) is 0. The first-order chi connectivity index (χ1) is 12.2. The lowest BCUT2D eigenvalue weighted by molar-refractivity contribution is -0.274. The zero-order chi connectivity index (χ0) is 19.3. The molecular formula is C18H21F3N2O3. The number of aromatic nitrogens is 2. The minimum Gasteiger partial charge on any atom is -0.461 e. The topological polar surface area (TPSA) is 53.4 Å². The van der Waals surface area contributed by atoms with E-state index >= 15 is 0 Å². The molecule has 0 bridgehead atoms. The second kappa shape index (κ2) is 8.25. The lowest BCUT2D eigenvalue weighted by Gasteiger charge is -2.09. The molecule has 0 N–H and O–H groups in total. The zero-order valence-corrected chi connectivity index (χ0v) is 14.8. The third-order valence-corrected chi connectivity index (χ3v) is 3.57.